The minimum atomic E-state index is -0.0142. The zero-order valence-corrected chi connectivity index (χ0v) is 11.6. The van der Waals surface area contributed by atoms with Crippen LogP contribution in [-0.2, 0) is 6.42 Å². The Balaban J connectivity index is 2.02. The number of hydrogen-bond acceptors (Lipinski definition) is 3. The van der Waals surface area contributed by atoms with E-state index < -0.39 is 0 Å². The van der Waals surface area contributed by atoms with E-state index in [0.29, 0.717) is 11.4 Å². The smallest absolute Gasteiger partial charge is 0.258 e. The summed E-state index contributed by atoms with van der Waals surface area (Å²) < 4.78 is 0. The highest BCUT2D eigenvalue weighted by atomic mass is 16.2. The van der Waals surface area contributed by atoms with Gasteiger partial charge >= 0.3 is 0 Å². The summed E-state index contributed by atoms with van der Waals surface area (Å²) in [6, 6.07) is 11.6. The fraction of sp³-hybridized carbons (Fsp3) is 0.250. The lowest BCUT2D eigenvalue weighted by Gasteiger charge is -2.23. The molecule has 4 nitrogen and oxygen atoms in total. The van der Waals surface area contributed by atoms with Gasteiger partial charge in [-0.05, 0) is 44.0 Å². The molecule has 0 bridgehead atoms. The topological polar surface area (TPSA) is 59.2 Å². The molecule has 1 aromatic carbocycles. The van der Waals surface area contributed by atoms with E-state index in [9.17, 15) is 4.79 Å². The number of aromatic nitrogens is 1. The number of anilines is 2. The Morgan fingerprint density at radius 1 is 1.35 bits per heavy atom. The lowest BCUT2D eigenvalue weighted by Crippen LogP contribution is -2.35. The van der Waals surface area contributed by atoms with Gasteiger partial charge in [0.05, 0.1) is 0 Å². The number of amides is 1. The van der Waals surface area contributed by atoms with Crippen LogP contribution in [0.5, 0.6) is 0 Å². The third-order valence-electron chi connectivity index (χ3n) is 3.65. The van der Waals surface area contributed by atoms with Gasteiger partial charge in [-0.3, -0.25) is 4.79 Å². The molecule has 0 saturated heterocycles. The van der Waals surface area contributed by atoms with Gasteiger partial charge in [0, 0.05) is 23.0 Å². The monoisotopic (exact) mass is 267 g/mol. The lowest BCUT2D eigenvalue weighted by molar-refractivity contribution is 0.0981. The van der Waals surface area contributed by atoms with Crippen LogP contribution in [0.4, 0.5) is 11.5 Å². The van der Waals surface area contributed by atoms with Crippen LogP contribution >= 0.6 is 0 Å². The Kier molecular flexibility index (Phi) is 2.93. The van der Waals surface area contributed by atoms with E-state index in [4.69, 9.17) is 5.73 Å². The van der Waals surface area contributed by atoms with E-state index in [1.807, 2.05) is 30.0 Å². The van der Waals surface area contributed by atoms with E-state index in [2.05, 4.69) is 18.0 Å². The van der Waals surface area contributed by atoms with Gasteiger partial charge in [-0.2, -0.15) is 0 Å². The second-order valence-electron chi connectivity index (χ2n) is 5.28. The minimum Gasteiger partial charge on any atom is -0.384 e. The summed E-state index contributed by atoms with van der Waals surface area (Å²) in [5, 5.41) is 0. The Labute approximate surface area is 118 Å². The normalized spacial score (nSPS) is 17.1. The molecule has 3 rings (SSSR count). The third-order valence-corrected chi connectivity index (χ3v) is 3.65. The Morgan fingerprint density at radius 3 is 2.85 bits per heavy atom. The standard InChI is InChI=1S/C16H17N3O/c1-10-7-13(9-15(17)18-10)16(20)19-11(2)8-12-5-3-4-6-14(12)19/h3-7,9,11H,8H2,1-2H3,(H2,17,18). The number of fused-ring (bicyclic) bond motifs is 1. The number of carbonyl (C=O) groups excluding carboxylic acids is 1. The molecule has 102 valence electrons. The third kappa shape index (κ3) is 2.03. The Morgan fingerprint density at radius 2 is 2.10 bits per heavy atom. The highest BCUT2D eigenvalue weighted by Gasteiger charge is 2.31. The molecule has 1 aliphatic heterocycles. The van der Waals surface area contributed by atoms with Gasteiger partial charge < -0.3 is 10.6 Å². The van der Waals surface area contributed by atoms with Crippen LogP contribution in [-0.4, -0.2) is 16.9 Å². The molecule has 2 heterocycles. The number of benzene rings is 1. The summed E-state index contributed by atoms with van der Waals surface area (Å²) in [5.74, 6) is 0.369. The van der Waals surface area contributed by atoms with Crippen molar-refractivity contribution in [2.45, 2.75) is 26.3 Å². The highest BCUT2D eigenvalue weighted by molar-refractivity contribution is 6.08. The molecule has 1 aliphatic rings. The molecular weight excluding hydrogens is 250 g/mol. The number of nitrogens with two attached hydrogens (primary N) is 1. The van der Waals surface area contributed by atoms with Crippen LogP contribution in [0, 0.1) is 6.92 Å². The van der Waals surface area contributed by atoms with Crippen molar-refractivity contribution >= 4 is 17.4 Å². The number of para-hydroxylation sites is 1. The summed E-state index contributed by atoms with van der Waals surface area (Å²) in [6.45, 7) is 3.91. The van der Waals surface area contributed by atoms with E-state index in [1.165, 1.54) is 5.56 Å². The molecule has 0 fully saturated rings. The number of aryl methyl sites for hydroxylation is 1. The fourth-order valence-electron chi connectivity index (χ4n) is 2.83. The second kappa shape index (κ2) is 4.63. The fourth-order valence-corrected chi connectivity index (χ4v) is 2.83. The first-order chi connectivity index (χ1) is 9.56. The summed E-state index contributed by atoms with van der Waals surface area (Å²) >= 11 is 0. The first-order valence-corrected chi connectivity index (χ1v) is 6.72. The van der Waals surface area contributed by atoms with Gasteiger partial charge in [0.25, 0.3) is 5.91 Å². The number of rotatable bonds is 1. The van der Waals surface area contributed by atoms with Gasteiger partial charge in [0.15, 0.2) is 0 Å². The van der Waals surface area contributed by atoms with Crippen molar-refractivity contribution in [2.24, 2.45) is 0 Å². The average Bonchev–Trinajstić information content (AvgIpc) is 2.72. The molecule has 1 amide bonds. The Hall–Kier alpha value is -2.36. The Bertz CT molecular complexity index is 661. The molecule has 1 atom stereocenters. The highest BCUT2D eigenvalue weighted by Crippen LogP contribution is 2.33. The van der Waals surface area contributed by atoms with Gasteiger partial charge in [-0.1, -0.05) is 18.2 Å². The maximum atomic E-state index is 12.8. The molecule has 0 spiro atoms. The molecular formula is C16H17N3O. The number of carbonyl (C=O) groups is 1. The van der Waals surface area contributed by atoms with Crippen LogP contribution < -0.4 is 10.6 Å². The summed E-state index contributed by atoms with van der Waals surface area (Å²) in [6.07, 6.45) is 0.890. The quantitative estimate of drug-likeness (QED) is 0.863. The van der Waals surface area contributed by atoms with Crippen LogP contribution in [0.15, 0.2) is 36.4 Å². The maximum absolute atomic E-state index is 12.8. The first-order valence-electron chi connectivity index (χ1n) is 6.72. The number of nitrogen functional groups attached to an aromatic ring is 1. The van der Waals surface area contributed by atoms with E-state index in [-0.39, 0.29) is 11.9 Å². The van der Waals surface area contributed by atoms with Crippen molar-refractivity contribution in [3.63, 3.8) is 0 Å². The predicted octanol–water partition coefficient (Wildman–Crippen LogP) is 2.56. The van der Waals surface area contributed by atoms with Crippen LogP contribution in [0.2, 0.25) is 0 Å². The summed E-state index contributed by atoms with van der Waals surface area (Å²) in [5.41, 5.74) is 9.31. The molecule has 4 heteroatoms. The van der Waals surface area contributed by atoms with Crippen LogP contribution in [0.25, 0.3) is 0 Å². The molecule has 1 unspecified atom stereocenters. The van der Waals surface area contributed by atoms with E-state index in [1.54, 1.807) is 12.1 Å². The minimum absolute atomic E-state index is 0.0142. The molecule has 0 radical (unpaired) electrons. The summed E-state index contributed by atoms with van der Waals surface area (Å²) in [4.78, 5) is 18.7. The molecule has 2 aromatic rings. The van der Waals surface area contributed by atoms with E-state index >= 15 is 0 Å². The van der Waals surface area contributed by atoms with Gasteiger partial charge in [-0.15, -0.1) is 0 Å². The van der Waals surface area contributed by atoms with Crippen molar-refractivity contribution in [3.8, 4) is 0 Å². The maximum Gasteiger partial charge on any atom is 0.258 e. The van der Waals surface area contributed by atoms with Crippen molar-refractivity contribution < 1.29 is 4.79 Å². The SMILES string of the molecule is Cc1cc(C(=O)N2c3ccccc3CC2C)cc(N)n1. The van der Waals surface area contributed by atoms with Gasteiger partial charge in [0.1, 0.15) is 5.82 Å². The zero-order valence-electron chi connectivity index (χ0n) is 11.6. The van der Waals surface area contributed by atoms with Crippen LogP contribution in [0.1, 0.15) is 28.5 Å². The van der Waals surface area contributed by atoms with Crippen LogP contribution in [0.3, 0.4) is 0 Å². The zero-order chi connectivity index (χ0) is 14.3. The average molecular weight is 267 g/mol. The number of pyridine rings is 1. The predicted molar refractivity (Wildman–Crippen MR) is 79.8 cm³/mol. The van der Waals surface area contributed by atoms with Gasteiger partial charge in [0.2, 0.25) is 0 Å². The summed E-state index contributed by atoms with van der Waals surface area (Å²) in [7, 11) is 0. The lowest BCUT2D eigenvalue weighted by atomic mass is 10.1. The van der Waals surface area contributed by atoms with Crippen molar-refractivity contribution in [3.05, 3.63) is 53.2 Å². The molecule has 1 aromatic heterocycles. The second-order valence-corrected chi connectivity index (χ2v) is 5.28. The van der Waals surface area contributed by atoms with Gasteiger partial charge in [-0.25, -0.2) is 4.98 Å². The molecule has 0 aliphatic carbocycles. The first kappa shape index (κ1) is 12.7. The van der Waals surface area contributed by atoms with Crippen molar-refractivity contribution in [2.75, 3.05) is 10.6 Å². The molecule has 2 N–H and O–H groups in total. The molecule has 20 heavy (non-hydrogen) atoms. The molecule has 0 saturated carbocycles. The number of hydrogen-bond donors (Lipinski definition) is 1. The largest absolute Gasteiger partial charge is 0.384 e. The van der Waals surface area contributed by atoms with Crippen molar-refractivity contribution in [1.82, 2.24) is 4.98 Å². The van der Waals surface area contributed by atoms with E-state index in [0.717, 1.165) is 17.8 Å². The number of nitrogens with zero attached hydrogens (tertiary/aromatic N) is 2. The van der Waals surface area contributed by atoms with Crippen molar-refractivity contribution in [1.29, 1.82) is 0 Å².